The maximum Gasteiger partial charge on any atom is 0.331 e. The molecule has 0 unspecified atom stereocenters. The van der Waals surface area contributed by atoms with Crippen LogP contribution in [0, 0.1) is 0 Å². The summed E-state index contributed by atoms with van der Waals surface area (Å²) in [5.74, 6) is 1.74. The van der Waals surface area contributed by atoms with Crippen LogP contribution in [0.5, 0.6) is 17.4 Å². The minimum absolute atomic E-state index is 0.0744. The molecule has 1 aromatic heterocycles. The van der Waals surface area contributed by atoms with Gasteiger partial charge in [0.1, 0.15) is 18.1 Å². The van der Waals surface area contributed by atoms with Gasteiger partial charge in [0.05, 0.1) is 12.8 Å². The molecule has 1 aliphatic heterocycles. The fourth-order valence-electron chi connectivity index (χ4n) is 3.29. The van der Waals surface area contributed by atoms with Crippen molar-refractivity contribution in [2.45, 2.75) is 38.8 Å². The molecule has 0 aliphatic carbocycles. The number of aromatic nitrogens is 2. The van der Waals surface area contributed by atoms with E-state index < -0.39 is 0 Å². The molecule has 2 N–H and O–H groups in total. The third-order valence-corrected chi connectivity index (χ3v) is 4.67. The Morgan fingerprint density at radius 3 is 2.88 bits per heavy atom. The van der Waals surface area contributed by atoms with Gasteiger partial charge in [0, 0.05) is 25.7 Å². The first kappa shape index (κ1) is 18.4. The largest absolute Gasteiger partial charge is 0.497 e. The molecule has 2 aromatic rings. The summed E-state index contributed by atoms with van der Waals surface area (Å²) in [5.41, 5.74) is 0.720. The van der Waals surface area contributed by atoms with Gasteiger partial charge in [-0.2, -0.15) is 0 Å². The van der Waals surface area contributed by atoms with E-state index in [0.717, 1.165) is 62.5 Å². The van der Waals surface area contributed by atoms with E-state index in [4.69, 9.17) is 9.47 Å². The number of hydrogen-bond acceptors (Lipinski definition) is 5. The van der Waals surface area contributed by atoms with Crippen LogP contribution >= 0.6 is 0 Å². The Morgan fingerprint density at radius 2 is 2.08 bits per heavy atom. The Balaban J connectivity index is 1.30. The van der Waals surface area contributed by atoms with E-state index in [0.29, 0.717) is 13.2 Å². The molecule has 0 radical (unpaired) electrons. The topological polar surface area (TPSA) is 77.7 Å². The molecule has 0 atom stereocenters. The number of nitrogens with one attached hydrogen (secondary N) is 1. The summed E-state index contributed by atoms with van der Waals surface area (Å²) >= 11 is 0. The highest BCUT2D eigenvalue weighted by atomic mass is 16.5. The van der Waals surface area contributed by atoms with E-state index in [9.17, 15) is 9.90 Å². The van der Waals surface area contributed by atoms with Gasteiger partial charge in [-0.1, -0.05) is 6.07 Å². The average molecular weight is 361 g/mol. The standard InChI is InChI=1S/C19H27N3O4/c1-25-15-6-4-7-16(14-15)26-13-10-20-9-2-3-11-22-18(23)17-8-5-12-21(17)19(22)24/h4,6-7,14,20,23H,2-3,5,8-13H2,1H3. The molecule has 0 fully saturated rings. The molecule has 1 aromatic carbocycles. The molecule has 7 nitrogen and oxygen atoms in total. The number of hydrogen-bond donors (Lipinski definition) is 2. The van der Waals surface area contributed by atoms with Crippen molar-refractivity contribution in [3.8, 4) is 17.4 Å². The van der Waals surface area contributed by atoms with E-state index in [-0.39, 0.29) is 11.6 Å². The number of imidazole rings is 1. The third kappa shape index (κ3) is 4.22. The molecule has 3 rings (SSSR count). The second-order valence-corrected chi connectivity index (χ2v) is 6.44. The first-order valence-corrected chi connectivity index (χ1v) is 9.19. The van der Waals surface area contributed by atoms with E-state index >= 15 is 0 Å². The Hall–Kier alpha value is -2.41. The number of nitrogens with zero attached hydrogens (tertiary/aromatic N) is 2. The van der Waals surface area contributed by atoms with Gasteiger partial charge in [0.2, 0.25) is 5.88 Å². The molecule has 0 amide bonds. The van der Waals surface area contributed by atoms with Gasteiger partial charge in [-0.15, -0.1) is 0 Å². The van der Waals surface area contributed by atoms with Crippen LogP contribution in [0.15, 0.2) is 29.1 Å². The van der Waals surface area contributed by atoms with Crippen molar-refractivity contribution in [1.82, 2.24) is 14.5 Å². The highest BCUT2D eigenvalue weighted by molar-refractivity contribution is 5.32. The van der Waals surface area contributed by atoms with Crippen LogP contribution in [-0.4, -0.2) is 41.0 Å². The van der Waals surface area contributed by atoms with Crippen LogP contribution in [0.4, 0.5) is 0 Å². The van der Waals surface area contributed by atoms with Crippen molar-refractivity contribution in [3.05, 3.63) is 40.4 Å². The van der Waals surface area contributed by atoms with Gasteiger partial charge >= 0.3 is 5.69 Å². The summed E-state index contributed by atoms with van der Waals surface area (Å²) in [4.78, 5) is 12.2. The minimum atomic E-state index is -0.0744. The van der Waals surface area contributed by atoms with E-state index in [1.54, 1.807) is 11.7 Å². The second kappa shape index (κ2) is 8.80. The van der Waals surface area contributed by atoms with Crippen LogP contribution < -0.4 is 20.5 Å². The molecule has 0 saturated carbocycles. The minimum Gasteiger partial charge on any atom is -0.497 e. The highest BCUT2D eigenvalue weighted by Crippen LogP contribution is 2.23. The fraction of sp³-hybridized carbons (Fsp3) is 0.526. The maximum atomic E-state index is 12.2. The molecule has 0 spiro atoms. The lowest BCUT2D eigenvalue weighted by molar-refractivity contribution is 0.310. The van der Waals surface area contributed by atoms with Gasteiger partial charge in [0.25, 0.3) is 0 Å². The van der Waals surface area contributed by atoms with Crippen molar-refractivity contribution >= 4 is 0 Å². The van der Waals surface area contributed by atoms with Gasteiger partial charge < -0.3 is 19.9 Å². The second-order valence-electron chi connectivity index (χ2n) is 6.44. The average Bonchev–Trinajstić information content (AvgIpc) is 3.23. The monoisotopic (exact) mass is 361 g/mol. The third-order valence-electron chi connectivity index (χ3n) is 4.67. The summed E-state index contributed by atoms with van der Waals surface area (Å²) in [6, 6.07) is 7.55. The zero-order valence-corrected chi connectivity index (χ0v) is 15.2. The quantitative estimate of drug-likeness (QED) is 0.631. The molecule has 0 saturated heterocycles. The Morgan fingerprint density at radius 1 is 1.23 bits per heavy atom. The molecule has 26 heavy (non-hydrogen) atoms. The fourth-order valence-corrected chi connectivity index (χ4v) is 3.29. The number of ether oxygens (including phenoxy) is 2. The molecule has 7 heteroatoms. The summed E-state index contributed by atoms with van der Waals surface area (Å²) in [6.45, 7) is 3.48. The number of methoxy groups -OCH3 is 1. The molecule has 2 heterocycles. The number of fused-ring (bicyclic) bond motifs is 1. The van der Waals surface area contributed by atoms with Gasteiger partial charge in [-0.3, -0.25) is 9.13 Å². The van der Waals surface area contributed by atoms with Crippen LogP contribution in [0.1, 0.15) is 25.0 Å². The molecule has 142 valence electrons. The van der Waals surface area contributed by atoms with Crippen molar-refractivity contribution in [2.24, 2.45) is 0 Å². The lowest BCUT2D eigenvalue weighted by Crippen LogP contribution is -2.25. The summed E-state index contributed by atoms with van der Waals surface area (Å²) in [6.07, 6.45) is 3.52. The van der Waals surface area contributed by atoms with Gasteiger partial charge in [0.15, 0.2) is 0 Å². The molecular weight excluding hydrogens is 334 g/mol. The van der Waals surface area contributed by atoms with Gasteiger partial charge in [-0.05, 0) is 44.4 Å². The number of aromatic hydroxyl groups is 1. The zero-order valence-electron chi connectivity index (χ0n) is 15.2. The summed E-state index contributed by atoms with van der Waals surface area (Å²) in [5, 5.41) is 13.5. The lowest BCUT2D eigenvalue weighted by atomic mass is 10.3. The predicted molar refractivity (Wildman–Crippen MR) is 99.3 cm³/mol. The van der Waals surface area contributed by atoms with E-state index in [1.807, 2.05) is 24.3 Å². The van der Waals surface area contributed by atoms with Crippen molar-refractivity contribution in [2.75, 3.05) is 26.8 Å². The Bertz CT molecular complexity index is 782. The lowest BCUT2D eigenvalue weighted by Gasteiger charge is -2.09. The van der Waals surface area contributed by atoms with Crippen molar-refractivity contribution < 1.29 is 14.6 Å². The first-order valence-electron chi connectivity index (χ1n) is 9.19. The van der Waals surface area contributed by atoms with Crippen molar-refractivity contribution in [1.29, 1.82) is 0 Å². The normalized spacial score (nSPS) is 13.0. The smallest absolute Gasteiger partial charge is 0.331 e. The molecule has 1 aliphatic rings. The van der Waals surface area contributed by atoms with Crippen LogP contribution in [0.2, 0.25) is 0 Å². The highest BCUT2D eigenvalue weighted by Gasteiger charge is 2.22. The number of benzene rings is 1. The zero-order chi connectivity index (χ0) is 18.4. The first-order chi connectivity index (χ1) is 12.7. The summed E-state index contributed by atoms with van der Waals surface area (Å²) < 4.78 is 14.0. The van der Waals surface area contributed by atoms with E-state index in [2.05, 4.69) is 5.32 Å². The number of unbranched alkanes of at least 4 members (excludes halogenated alkanes) is 1. The molecular formula is C19H27N3O4. The Kier molecular flexibility index (Phi) is 6.22. The number of rotatable bonds is 10. The predicted octanol–water partition coefficient (Wildman–Crippen LogP) is 1.76. The van der Waals surface area contributed by atoms with Crippen LogP contribution in [-0.2, 0) is 19.5 Å². The Labute approximate surface area is 153 Å². The molecule has 0 bridgehead atoms. The van der Waals surface area contributed by atoms with Gasteiger partial charge in [-0.25, -0.2) is 4.79 Å². The van der Waals surface area contributed by atoms with Crippen molar-refractivity contribution in [3.63, 3.8) is 0 Å². The maximum absolute atomic E-state index is 12.2. The van der Waals surface area contributed by atoms with Crippen LogP contribution in [0.3, 0.4) is 0 Å². The SMILES string of the molecule is COc1cccc(OCCNCCCCn2c(O)c3n(c2=O)CCC3)c1. The summed E-state index contributed by atoms with van der Waals surface area (Å²) in [7, 11) is 1.64. The van der Waals surface area contributed by atoms with E-state index in [1.165, 1.54) is 4.57 Å². The van der Waals surface area contributed by atoms with Crippen LogP contribution in [0.25, 0.3) is 0 Å².